The Kier molecular flexibility index (Phi) is 3.44. The lowest BCUT2D eigenvalue weighted by Crippen LogP contribution is -2.22. The summed E-state index contributed by atoms with van der Waals surface area (Å²) >= 11 is 5.73. The minimum Gasteiger partial charge on any atom is -0.393 e. The summed E-state index contributed by atoms with van der Waals surface area (Å²) in [6.45, 7) is 0.787. The molecule has 2 rings (SSSR count). The van der Waals surface area contributed by atoms with Crippen molar-refractivity contribution in [1.82, 2.24) is 4.98 Å². The highest BCUT2D eigenvalue weighted by molar-refractivity contribution is 6.30. The van der Waals surface area contributed by atoms with Gasteiger partial charge in [0.1, 0.15) is 5.82 Å². The quantitative estimate of drug-likeness (QED) is 0.832. The van der Waals surface area contributed by atoms with E-state index >= 15 is 0 Å². The van der Waals surface area contributed by atoms with Gasteiger partial charge in [0, 0.05) is 18.7 Å². The molecule has 2 N–H and O–H groups in total. The van der Waals surface area contributed by atoms with Gasteiger partial charge in [-0.25, -0.2) is 4.98 Å². The van der Waals surface area contributed by atoms with Gasteiger partial charge in [0.2, 0.25) is 0 Å². The van der Waals surface area contributed by atoms with Crippen LogP contribution in [0.2, 0.25) is 5.02 Å². The number of aliphatic hydroxyl groups excluding tert-OH is 1. The Bertz CT molecular complexity index is 315. The number of anilines is 1. The number of pyridine rings is 1. The highest BCUT2D eigenvalue weighted by Crippen LogP contribution is 2.25. The number of hydrogen-bond donors (Lipinski definition) is 2. The third-order valence-electron chi connectivity index (χ3n) is 2.89. The van der Waals surface area contributed by atoms with E-state index in [1.807, 2.05) is 12.1 Å². The van der Waals surface area contributed by atoms with E-state index in [0.29, 0.717) is 10.9 Å². The summed E-state index contributed by atoms with van der Waals surface area (Å²) in [6.07, 6.45) is 4.63. The van der Waals surface area contributed by atoms with E-state index in [9.17, 15) is 5.11 Å². The Hall–Kier alpha value is -0.800. The van der Waals surface area contributed by atoms with Crippen molar-refractivity contribution in [2.45, 2.75) is 25.4 Å². The molecule has 1 aliphatic rings. The zero-order chi connectivity index (χ0) is 10.7. The van der Waals surface area contributed by atoms with Crippen molar-refractivity contribution >= 4 is 17.4 Å². The minimum atomic E-state index is -0.148. The van der Waals surface area contributed by atoms with Crippen molar-refractivity contribution in [3.8, 4) is 0 Å². The molecule has 2 atom stereocenters. The average molecular weight is 227 g/mol. The predicted octanol–water partition coefficient (Wildman–Crippen LogP) is 2.31. The Morgan fingerprint density at radius 3 is 2.93 bits per heavy atom. The summed E-state index contributed by atoms with van der Waals surface area (Å²) in [5, 5.41) is 13.5. The van der Waals surface area contributed by atoms with Gasteiger partial charge in [-0.1, -0.05) is 18.0 Å². The van der Waals surface area contributed by atoms with Crippen molar-refractivity contribution in [1.29, 1.82) is 0 Å². The Morgan fingerprint density at radius 1 is 1.47 bits per heavy atom. The number of nitrogens with zero attached hydrogens (tertiary/aromatic N) is 1. The molecule has 0 radical (unpaired) electrons. The van der Waals surface area contributed by atoms with Crippen molar-refractivity contribution in [2.75, 3.05) is 11.9 Å². The molecule has 2 unspecified atom stereocenters. The van der Waals surface area contributed by atoms with Crippen LogP contribution in [0.5, 0.6) is 0 Å². The van der Waals surface area contributed by atoms with Crippen molar-refractivity contribution in [3.63, 3.8) is 0 Å². The van der Waals surface area contributed by atoms with Gasteiger partial charge in [-0.3, -0.25) is 0 Å². The molecular formula is C11H15ClN2O. The summed E-state index contributed by atoms with van der Waals surface area (Å²) in [7, 11) is 0. The van der Waals surface area contributed by atoms with Gasteiger partial charge in [0.25, 0.3) is 0 Å². The molecule has 82 valence electrons. The highest BCUT2D eigenvalue weighted by Gasteiger charge is 2.24. The molecule has 1 aromatic heterocycles. The van der Waals surface area contributed by atoms with Gasteiger partial charge in [-0.15, -0.1) is 0 Å². The molecule has 0 saturated heterocycles. The van der Waals surface area contributed by atoms with E-state index in [4.69, 9.17) is 11.6 Å². The normalized spacial score (nSPS) is 25.5. The highest BCUT2D eigenvalue weighted by atomic mass is 35.5. The zero-order valence-corrected chi connectivity index (χ0v) is 9.24. The van der Waals surface area contributed by atoms with Crippen LogP contribution in [0.4, 0.5) is 5.82 Å². The van der Waals surface area contributed by atoms with Gasteiger partial charge in [0.05, 0.1) is 11.1 Å². The third-order valence-corrected chi connectivity index (χ3v) is 3.12. The number of halogens is 1. The van der Waals surface area contributed by atoms with E-state index in [1.54, 1.807) is 6.20 Å². The molecule has 0 bridgehead atoms. The lowest BCUT2D eigenvalue weighted by Gasteiger charge is -2.15. The lowest BCUT2D eigenvalue weighted by molar-refractivity contribution is 0.138. The fourth-order valence-corrected chi connectivity index (χ4v) is 2.08. The first-order chi connectivity index (χ1) is 7.25. The maximum Gasteiger partial charge on any atom is 0.125 e. The van der Waals surface area contributed by atoms with Gasteiger partial charge < -0.3 is 10.4 Å². The number of hydrogen-bond acceptors (Lipinski definition) is 3. The Balaban J connectivity index is 1.85. The van der Waals surface area contributed by atoms with Crippen LogP contribution in [0.3, 0.4) is 0 Å². The molecule has 0 spiro atoms. The molecule has 1 heterocycles. The summed E-state index contributed by atoms with van der Waals surface area (Å²) in [4.78, 5) is 4.14. The van der Waals surface area contributed by atoms with Gasteiger partial charge in [0.15, 0.2) is 0 Å². The first-order valence-corrected chi connectivity index (χ1v) is 5.67. The molecule has 15 heavy (non-hydrogen) atoms. The van der Waals surface area contributed by atoms with E-state index in [1.165, 1.54) is 0 Å². The maximum absolute atomic E-state index is 9.63. The number of nitrogens with one attached hydrogen (secondary N) is 1. The van der Waals surface area contributed by atoms with Crippen LogP contribution in [0, 0.1) is 5.92 Å². The van der Waals surface area contributed by atoms with Gasteiger partial charge in [-0.05, 0) is 25.0 Å². The molecular weight excluding hydrogens is 212 g/mol. The van der Waals surface area contributed by atoms with Crippen molar-refractivity contribution in [2.24, 2.45) is 5.92 Å². The second kappa shape index (κ2) is 4.81. The van der Waals surface area contributed by atoms with Crippen LogP contribution in [0.25, 0.3) is 0 Å². The van der Waals surface area contributed by atoms with Gasteiger partial charge >= 0.3 is 0 Å². The third kappa shape index (κ3) is 2.83. The largest absolute Gasteiger partial charge is 0.393 e. The topological polar surface area (TPSA) is 45.1 Å². The number of aliphatic hydroxyl groups is 1. The summed E-state index contributed by atoms with van der Waals surface area (Å²) < 4.78 is 0. The summed E-state index contributed by atoms with van der Waals surface area (Å²) in [6, 6.07) is 3.66. The first-order valence-electron chi connectivity index (χ1n) is 5.29. The molecule has 1 saturated carbocycles. The monoisotopic (exact) mass is 226 g/mol. The van der Waals surface area contributed by atoms with Crippen molar-refractivity contribution in [3.05, 3.63) is 23.4 Å². The molecule has 0 aliphatic heterocycles. The molecule has 4 heteroatoms. The van der Waals surface area contributed by atoms with Crippen LogP contribution in [-0.4, -0.2) is 22.7 Å². The van der Waals surface area contributed by atoms with Crippen LogP contribution >= 0.6 is 11.6 Å². The second-order valence-electron chi connectivity index (χ2n) is 4.00. The van der Waals surface area contributed by atoms with E-state index in [-0.39, 0.29) is 6.10 Å². The fourth-order valence-electron chi connectivity index (χ4n) is 1.97. The summed E-state index contributed by atoms with van der Waals surface area (Å²) in [5.41, 5.74) is 0. The van der Waals surface area contributed by atoms with Crippen LogP contribution in [0.15, 0.2) is 18.3 Å². The van der Waals surface area contributed by atoms with Crippen LogP contribution in [0.1, 0.15) is 19.3 Å². The summed E-state index contributed by atoms with van der Waals surface area (Å²) in [5.74, 6) is 1.18. The van der Waals surface area contributed by atoms with Gasteiger partial charge in [-0.2, -0.15) is 0 Å². The average Bonchev–Trinajstić information content (AvgIpc) is 2.63. The first kappa shape index (κ1) is 10.7. The predicted molar refractivity (Wildman–Crippen MR) is 61.1 cm³/mol. The second-order valence-corrected chi connectivity index (χ2v) is 4.44. The minimum absolute atomic E-state index is 0.148. The Morgan fingerprint density at radius 2 is 2.33 bits per heavy atom. The van der Waals surface area contributed by atoms with E-state index in [0.717, 1.165) is 31.6 Å². The van der Waals surface area contributed by atoms with Crippen LogP contribution in [-0.2, 0) is 0 Å². The van der Waals surface area contributed by atoms with E-state index in [2.05, 4.69) is 10.3 Å². The molecule has 0 amide bonds. The smallest absolute Gasteiger partial charge is 0.125 e. The molecule has 3 nitrogen and oxygen atoms in total. The Labute approximate surface area is 94.5 Å². The maximum atomic E-state index is 9.63. The van der Waals surface area contributed by atoms with E-state index < -0.39 is 0 Å². The zero-order valence-electron chi connectivity index (χ0n) is 8.49. The van der Waals surface area contributed by atoms with Crippen LogP contribution < -0.4 is 5.32 Å². The molecule has 0 aromatic carbocycles. The number of rotatable bonds is 3. The van der Waals surface area contributed by atoms with Crippen molar-refractivity contribution < 1.29 is 5.11 Å². The molecule has 1 aromatic rings. The number of aromatic nitrogens is 1. The molecule has 1 fully saturated rings. The SMILES string of the molecule is OC1CCCC1CNc1ccc(Cl)cn1. The molecule has 1 aliphatic carbocycles. The fraction of sp³-hybridized carbons (Fsp3) is 0.545. The standard InChI is InChI=1S/C11H15ClN2O/c12-9-4-5-11(14-7-9)13-6-8-2-1-3-10(8)15/h4-5,7-8,10,15H,1-3,6H2,(H,13,14). The lowest BCUT2D eigenvalue weighted by atomic mass is 10.1.